The Kier molecular flexibility index (Phi) is 10.4. The predicted molar refractivity (Wildman–Crippen MR) is 71.4 cm³/mol. The Bertz CT molecular complexity index is 365. The van der Waals surface area contributed by atoms with Gasteiger partial charge in [0.1, 0.15) is 0 Å². The van der Waals surface area contributed by atoms with Gasteiger partial charge in [0.05, 0.1) is 0 Å². The van der Waals surface area contributed by atoms with E-state index < -0.39 is 22.9 Å². The minimum Gasteiger partial charge on any atom is -1.00 e. The van der Waals surface area contributed by atoms with Crippen molar-refractivity contribution in [2.45, 2.75) is 52.4 Å². The first-order chi connectivity index (χ1) is 8.35. The van der Waals surface area contributed by atoms with E-state index in [1.807, 2.05) is 6.66 Å². The fourth-order valence-corrected chi connectivity index (χ4v) is 8.09. The maximum atomic E-state index is 2.40. The Labute approximate surface area is 141 Å². The van der Waals surface area contributed by atoms with Gasteiger partial charge in [-0.05, 0) is 0 Å². The van der Waals surface area contributed by atoms with Crippen LogP contribution in [0.4, 0.5) is 0 Å². The molecule has 0 nitrogen and oxygen atoms in total. The third kappa shape index (κ3) is 5.36. The molecule has 0 saturated carbocycles. The molecule has 0 aliphatic heterocycles. The van der Waals surface area contributed by atoms with Crippen LogP contribution in [0.1, 0.15) is 52.4 Å². The van der Waals surface area contributed by atoms with Crippen molar-refractivity contribution in [3.8, 4) is 0 Å². The standard InChI is InChI=1S/2C8H11.2ClH.Hf/c2*1-2-5-8-6-3-4-7-8;;;/h2*3,6H,2,4-5H2,1H3;2*1H;/q;;;;+2/p-2. The van der Waals surface area contributed by atoms with Crippen LogP contribution in [0.2, 0.25) is 0 Å². The van der Waals surface area contributed by atoms with E-state index >= 15 is 0 Å². The average molecular weight is 464 g/mol. The van der Waals surface area contributed by atoms with Gasteiger partial charge in [-0.2, -0.15) is 0 Å². The Hall–Kier alpha value is 0.410. The Morgan fingerprint density at radius 2 is 1.26 bits per heavy atom. The first-order valence-corrected chi connectivity index (χ1v) is 10.5. The van der Waals surface area contributed by atoms with Crippen molar-refractivity contribution < 1.29 is 47.7 Å². The molecular weight excluding hydrogens is 442 g/mol. The van der Waals surface area contributed by atoms with Gasteiger partial charge < -0.3 is 24.8 Å². The first kappa shape index (κ1) is 19.4. The molecule has 0 unspecified atom stereocenters. The van der Waals surface area contributed by atoms with Gasteiger partial charge in [-0.25, -0.2) is 0 Å². The van der Waals surface area contributed by atoms with E-state index in [0.29, 0.717) is 0 Å². The van der Waals surface area contributed by atoms with Gasteiger partial charge in [0, 0.05) is 0 Å². The summed E-state index contributed by atoms with van der Waals surface area (Å²) in [5.41, 5.74) is 3.40. The quantitative estimate of drug-likeness (QED) is 0.448. The number of halogens is 2. The zero-order chi connectivity index (χ0) is 12.1. The fourth-order valence-electron chi connectivity index (χ4n) is 2.55. The van der Waals surface area contributed by atoms with E-state index in [1.165, 1.54) is 38.5 Å². The molecule has 104 valence electrons. The molecule has 2 rings (SSSR count). The molecule has 0 atom stereocenters. The summed E-state index contributed by atoms with van der Waals surface area (Å²) >= 11 is -0.683. The third-order valence-electron chi connectivity index (χ3n) is 3.40. The van der Waals surface area contributed by atoms with E-state index in [4.69, 9.17) is 0 Å². The maximum Gasteiger partial charge on any atom is -1.00 e. The van der Waals surface area contributed by atoms with Gasteiger partial charge in [0.15, 0.2) is 0 Å². The van der Waals surface area contributed by atoms with Gasteiger partial charge in [0.2, 0.25) is 0 Å². The summed E-state index contributed by atoms with van der Waals surface area (Å²) < 4.78 is 3.75. The molecule has 0 spiro atoms. The van der Waals surface area contributed by atoms with Gasteiger partial charge in [0.25, 0.3) is 0 Å². The van der Waals surface area contributed by atoms with E-state index in [-0.39, 0.29) is 24.8 Å². The molecule has 3 heteroatoms. The molecule has 0 aromatic carbocycles. The molecule has 0 aromatic rings. The predicted octanol–water partition coefficient (Wildman–Crippen LogP) is -0.895. The SMILES string of the molecule is CCCC1=[C]([Hf+2][C]2=C(CCC)C=CC2)CC=C1.[Cl-].[Cl-]. The van der Waals surface area contributed by atoms with E-state index in [0.717, 1.165) is 0 Å². The summed E-state index contributed by atoms with van der Waals surface area (Å²) in [6.45, 7) is 4.59. The molecule has 0 N–H and O–H groups in total. The Morgan fingerprint density at radius 1 is 0.842 bits per heavy atom. The summed E-state index contributed by atoms with van der Waals surface area (Å²) in [5, 5.41) is 0. The molecule has 0 bridgehead atoms. The molecule has 2 aliphatic carbocycles. The summed E-state index contributed by atoms with van der Waals surface area (Å²) in [6, 6.07) is 0. The largest absolute Gasteiger partial charge is 1.00 e. The first-order valence-electron chi connectivity index (χ1n) is 6.89. The van der Waals surface area contributed by atoms with Crippen molar-refractivity contribution in [1.29, 1.82) is 0 Å². The van der Waals surface area contributed by atoms with Crippen molar-refractivity contribution in [3.63, 3.8) is 0 Å². The van der Waals surface area contributed by atoms with Crippen LogP contribution in [0.5, 0.6) is 0 Å². The van der Waals surface area contributed by atoms with E-state index in [2.05, 4.69) is 38.2 Å². The van der Waals surface area contributed by atoms with Crippen molar-refractivity contribution in [3.05, 3.63) is 42.1 Å². The van der Waals surface area contributed by atoms with Crippen molar-refractivity contribution in [1.82, 2.24) is 0 Å². The summed E-state index contributed by atoms with van der Waals surface area (Å²) in [5.74, 6) is 0. The number of allylic oxidation sites excluding steroid dienone is 8. The molecule has 0 saturated heterocycles. The fraction of sp³-hybridized carbons (Fsp3) is 0.500. The van der Waals surface area contributed by atoms with Crippen LogP contribution in [0.15, 0.2) is 42.1 Å². The second-order valence-electron chi connectivity index (χ2n) is 4.85. The molecule has 0 amide bonds. The second kappa shape index (κ2) is 10.2. The molecular formula is C16H22Cl2Hf. The summed E-state index contributed by atoms with van der Waals surface area (Å²) in [6.07, 6.45) is 17.3. The van der Waals surface area contributed by atoms with Gasteiger partial charge in [-0.3, -0.25) is 0 Å². The smallest absolute Gasteiger partial charge is 1.00 e. The molecule has 2 aliphatic rings. The topological polar surface area (TPSA) is 0 Å². The number of hydrogen-bond donors (Lipinski definition) is 0. The van der Waals surface area contributed by atoms with Crippen LogP contribution in [-0.4, -0.2) is 0 Å². The minimum atomic E-state index is -0.683. The van der Waals surface area contributed by atoms with Crippen LogP contribution in [0.25, 0.3) is 0 Å². The van der Waals surface area contributed by atoms with E-state index in [1.54, 1.807) is 11.1 Å². The zero-order valence-corrected chi connectivity index (χ0v) is 16.9. The number of hydrogen-bond acceptors (Lipinski definition) is 0. The maximum absolute atomic E-state index is 2.40. The van der Waals surface area contributed by atoms with Crippen LogP contribution in [0.3, 0.4) is 0 Å². The molecule has 0 fully saturated rings. The van der Waals surface area contributed by atoms with E-state index in [9.17, 15) is 0 Å². The molecule has 19 heavy (non-hydrogen) atoms. The van der Waals surface area contributed by atoms with Crippen LogP contribution in [0, 0.1) is 0 Å². The summed E-state index contributed by atoms with van der Waals surface area (Å²) in [4.78, 5) is 0. The molecule has 0 aromatic heterocycles. The molecule has 0 radical (unpaired) electrons. The van der Waals surface area contributed by atoms with Crippen LogP contribution < -0.4 is 24.8 Å². The van der Waals surface area contributed by atoms with Gasteiger partial charge in [-0.1, -0.05) is 0 Å². The second-order valence-corrected chi connectivity index (χ2v) is 10.1. The average Bonchev–Trinajstić information content (AvgIpc) is 2.92. The normalized spacial score (nSPS) is 16.5. The Balaban J connectivity index is 0.00000162. The van der Waals surface area contributed by atoms with Gasteiger partial charge in [-0.15, -0.1) is 0 Å². The minimum absolute atomic E-state index is 0. The third-order valence-corrected chi connectivity index (χ3v) is 9.34. The van der Waals surface area contributed by atoms with Crippen molar-refractivity contribution in [2.24, 2.45) is 0 Å². The Morgan fingerprint density at radius 3 is 1.63 bits per heavy atom. The number of rotatable bonds is 6. The van der Waals surface area contributed by atoms with Gasteiger partial charge >= 0.3 is 117 Å². The zero-order valence-electron chi connectivity index (χ0n) is 11.8. The van der Waals surface area contributed by atoms with Crippen LogP contribution >= 0.6 is 0 Å². The summed E-state index contributed by atoms with van der Waals surface area (Å²) in [7, 11) is 0. The van der Waals surface area contributed by atoms with Crippen LogP contribution in [-0.2, 0) is 22.9 Å². The van der Waals surface area contributed by atoms with Crippen molar-refractivity contribution in [2.75, 3.05) is 0 Å². The molecule has 0 heterocycles. The monoisotopic (exact) mass is 464 g/mol. The van der Waals surface area contributed by atoms with Crippen molar-refractivity contribution >= 4 is 0 Å².